The number of hydrogen-bond acceptors (Lipinski definition) is 2. The highest BCUT2D eigenvalue weighted by atomic mass is 35.5. The molecule has 2 rings (SSSR count). The predicted molar refractivity (Wildman–Crippen MR) is 83.8 cm³/mol. The molecule has 0 aliphatic heterocycles. The summed E-state index contributed by atoms with van der Waals surface area (Å²) in [6.45, 7) is 2.85. The maximum Gasteiger partial charge on any atom is 0.0642 e. The quantitative estimate of drug-likeness (QED) is 0.895. The molecule has 1 aliphatic rings. The van der Waals surface area contributed by atoms with Gasteiger partial charge in [-0.15, -0.1) is 0 Å². The summed E-state index contributed by atoms with van der Waals surface area (Å²) in [5, 5.41) is 0.822. The molecule has 0 aromatic heterocycles. The van der Waals surface area contributed by atoms with Crippen molar-refractivity contribution in [2.45, 2.75) is 51.6 Å². The smallest absolute Gasteiger partial charge is 0.0642 e. The van der Waals surface area contributed by atoms with Crippen LogP contribution in [0.1, 0.15) is 44.6 Å². The minimum atomic E-state index is 0.547. The fourth-order valence-electron chi connectivity index (χ4n) is 3.10. The summed E-state index contributed by atoms with van der Waals surface area (Å²) in [6.07, 6.45) is 6.59. The molecule has 0 atom stereocenters. The van der Waals surface area contributed by atoms with E-state index in [-0.39, 0.29) is 0 Å². The van der Waals surface area contributed by atoms with Gasteiger partial charge in [0, 0.05) is 19.6 Å². The van der Waals surface area contributed by atoms with Crippen LogP contribution in [0.5, 0.6) is 0 Å². The molecule has 1 fully saturated rings. The molecule has 3 heteroatoms. The summed E-state index contributed by atoms with van der Waals surface area (Å²) < 4.78 is 0. The van der Waals surface area contributed by atoms with E-state index >= 15 is 0 Å². The molecule has 0 radical (unpaired) electrons. The number of nitrogens with zero attached hydrogens (tertiary/aromatic N) is 1. The van der Waals surface area contributed by atoms with Crippen molar-refractivity contribution in [2.24, 2.45) is 11.7 Å². The van der Waals surface area contributed by atoms with Gasteiger partial charge in [-0.1, -0.05) is 31.0 Å². The van der Waals surface area contributed by atoms with E-state index in [2.05, 4.69) is 31.0 Å². The van der Waals surface area contributed by atoms with Crippen molar-refractivity contribution in [3.63, 3.8) is 0 Å². The largest absolute Gasteiger partial charge is 0.370 e. The van der Waals surface area contributed by atoms with Crippen LogP contribution in [0.4, 0.5) is 5.69 Å². The molecular formula is C16H25ClN2. The van der Waals surface area contributed by atoms with Gasteiger partial charge in [0.1, 0.15) is 0 Å². The highest BCUT2D eigenvalue weighted by Crippen LogP contribution is 2.34. The third kappa shape index (κ3) is 3.43. The van der Waals surface area contributed by atoms with E-state index in [4.69, 9.17) is 17.3 Å². The van der Waals surface area contributed by atoms with Crippen molar-refractivity contribution in [3.05, 3.63) is 28.8 Å². The zero-order chi connectivity index (χ0) is 13.8. The lowest BCUT2D eigenvalue weighted by molar-refractivity contribution is 0.313. The third-order valence-electron chi connectivity index (χ3n) is 4.57. The average molecular weight is 281 g/mol. The van der Waals surface area contributed by atoms with Crippen LogP contribution >= 0.6 is 11.6 Å². The lowest BCUT2D eigenvalue weighted by Gasteiger charge is -2.36. The summed E-state index contributed by atoms with van der Waals surface area (Å²) in [5.41, 5.74) is 7.88. The number of anilines is 1. The van der Waals surface area contributed by atoms with Crippen LogP contribution in [-0.4, -0.2) is 13.1 Å². The van der Waals surface area contributed by atoms with Crippen molar-refractivity contribution in [1.82, 2.24) is 0 Å². The number of benzene rings is 1. The second kappa shape index (κ2) is 6.62. The molecule has 2 N–H and O–H groups in total. The number of nitrogens with two attached hydrogens (primary N) is 1. The first-order valence-corrected chi connectivity index (χ1v) is 7.74. The molecule has 0 unspecified atom stereocenters. The summed E-state index contributed by atoms with van der Waals surface area (Å²) in [6, 6.07) is 6.81. The van der Waals surface area contributed by atoms with Crippen LogP contribution in [0.2, 0.25) is 5.02 Å². The molecule has 1 aromatic rings. The van der Waals surface area contributed by atoms with Gasteiger partial charge in [0.05, 0.1) is 10.7 Å². The normalized spacial score (nSPS) is 23.4. The topological polar surface area (TPSA) is 29.3 Å². The zero-order valence-electron chi connectivity index (χ0n) is 12.0. The second-order valence-electron chi connectivity index (χ2n) is 5.68. The lowest BCUT2D eigenvalue weighted by Crippen LogP contribution is -2.35. The number of hydrogen-bond donors (Lipinski definition) is 1. The van der Waals surface area contributed by atoms with Crippen molar-refractivity contribution >= 4 is 17.3 Å². The molecule has 0 spiro atoms. The molecule has 0 bridgehead atoms. The summed E-state index contributed by atoms with van der Waals surface area (Å²) in [4.78, 5) is 2.36. The van der Waals surface area contributed by atoms with Gasteiger partial charge >= 0.3 is 0 Å². The van der Waals surface area contributed by atoms with E-state index in [1.807, 2.05) is 6.07 Å². The molecule has 0 saturated heterocycles. The Hall–Kier alpha value is -0.730. The summed E-state index contributed by atoms with van der Waals surface area (Å²) >= 11 is 6.38. The summed E-state index contributed by atoms with van der Waals surface area (Å²) in [7, 11) is 2.17. The molecular weight excluding hydrogens is 256 g/mol. The Morgan fingerprint density at radius 3 is 2.47 bits per heavy atom. The monoisotopic (exact) mass is 280 g/mol. The molecule has 1 saturated carbocycles. The Morgan fingerprint density at radius 1 is 1.26 bits per heavy atom. The first kappa shape index (κ1) is 14.7. The van der Waals surface area contributed by atoms with E-state index < -0.39 is 0 Å². The first-order chi connectivity index (χ1) is 9.15. The fraction of sp³-hybridized carbons (Fsp3) is 0.625. The maximum atomic E-state index is 6.38. The van der Waals surface area contributed by atoms with Gasteiger partial charge in [-0.2, -0.15) is 0 Å². The molecule has 1 aromatic carbocycles. The Kier molecular flexibility index (Phi) is 5.12. The van der Waals surface area contributed by atoms with Crippen LogP contribution in [0.25, 0.3) is 0 Å². The Labute approximate surface area is 121 Å². The van der Waals surface area contributed by atoms with Crippen LogP contribution in [0, 0.1) is 5.92 Å². The van der Waals surface area contributed by atoms with Gasteiger partial charge in [0.15, 0.2) is 0 Å². The van der Waals surface area contributed by atoms with E-state index in [1.54, 1.807) is 0 Å². The minimum Gasteiger partial charge on any atom is -0.370 e. The van der Waals surface area contributed by atoms with E-state index in [1.165, 1.54) is 32.1 Å². The van der Waals surface area contributed by atoms with Gasteiger partial charge < -0.3 is 10.6 Å². The van der Waals surface area contributed by atoms with Crippen LogP contribution in [0.3, 0.4) is 0 Å². The van der Waals surface area contributed by atoms with Gasteiger partial charge in [-0.05, 0) is 49.3 Å². The molecule has 19 heavy (non-hydrogen) atoms. The highest BCUT2D eigenvalue weighted by Gasteiger charge is 2.24. The zero-order valence-corrected chi connectivity index (χ0v) is 12.8. The number of halogens is 1. The van der Waals surface area contributed by atoms with E-state index in [0.717, 1.165) is 22.2 Å². The van der Waals surface area contributed by atoms with E-state index in [9.17, 15) is 0 Å². The van der Waals surface area contributed by atoms with Crippen LogP contribution in [0.15, 0.2) is 18.2 Å². The second-order valence-corrected chi connectivity index (χ2v) is 6.09. The number of rotatable bonds is 4. The predicted octanol–water partition coefficient (Wildman–Crippen LogP) is 4.20. The molecule has 0 amide bonds. The van der Waals surface area contributed by atoms with Crippen LogP contribution < -0.4 is 10.6 Å². The van der Waals surface area contributed by atoms with E-state index in [0.29, 0.717) is 12.6 Å². The molecule has 0 heterocycles. The van der Waals surface area contributed by atoms with Crippen molar-refractivity contribution in [3.8, 4) is 0 Å². The fourth-order valence-corrected chi connectivity index (χ4v) is 3.44. The van der Waals surface area contributed by atoms with Crippen molar-refractivity contribution in [1.29, 1.82) is 0 Å². The van der Waals surface area contributed by atoms with Gasteiger partial charge in [-0.3, -0.25) is 0 Å². The van der Waals surface area contributed by atoms with Crippen LogP contribution in [-0.2, 0) is 6.54 Å². The lowest BCUT2D eigenvalue weighted by atomic mass is 9.84. The minimum absolute atomic E-state index is 0.547. The standard InChI is InChI=1S/C16H25ClN2/c1-3-12-4-7-14(8-5-12)19(2)16-9-6-13(11-18)10-15(16)17/h6,9-10,12,14H,3-5,7-8,11,18H2,1-2H3. The Bertz CT molecular complexity index is 411. The van der Waals surface area contributed by atoms with Gasteiger partial charge in [0.25, 0.3) is 0 Å². The third-order valence-corrected chi connectivity index (χ3v) is 4.87. The molecule has 1 aliphatic carbocycles. The van der Waals surface area contributed by atoms with Crippen molar-refractivity contribution < 1.29 is 0 Å². The van der Waals surface area contributed by atoms with Crippen molar-refractivity contribution in [2.75, 3.05) is 11.9 Å². The Balaban J connectivity index is 2.05. The SMILES string of the molecule is CCC1CCC(N(C)c2ccc(CN)cc2Cl)CC1. The molecule has 106 valence electrons. The highest BCUT2D eigenvalue weighted by molar-refractivity contribution is 6.33. The Morgan fingerprint density at radius 2 is 1.95 bits per heavy atom. The van der Waals surface area contributed by atoms with Gasteiger partial charge in [0.2, 0.25) is 0 Å². The molecule has 2 nitrogen and oxygen atoms in total. The first-order valence-electron chi connectivity index (χ1n) is 7.37. The maximum absolute atomic E-state index is 6.38. The van der Waals surface area contributed by atoms with Gasteiger partial charge in [-0.25, -0.2) is 0 Å². The average Bonchev–Trinajstić information content (AvgIpc) is 2.46. The summed E-state index contributed by atoms with van der Waals surface area (Å²) in [5.74, 6) is 0.930.